The Kier molecular flexibility index (Phi) is 4.03. The molecule has 1 aromatic carbocycles. The Bertz CT molecular complexity index is 588. The van der Waals surface area contributed by atoms with Gasteiger partial charge in [0.25, 0.3) is 0 Å². The van der Waals surface area contributed by atoms with E-state index in [1.165, 1.54) is 0 Å². The van der Waals surface area contributed by atoms with Crippen molar-refractivity contribution in [1.82, 2.24) is 4.72 Å². The Hall–Kier alpha value is -0.850. The van der Waals surface area contributed by atoms with Crippen molar-refractivity contribution in [2.24, 2.45) is 5.92 Å². The number of rotatable bonds is 5. The Morgan fingerprint density at radius 3 is 2.74 bits per heavy atom. The van der Waals surface area contributed by atoms with Gasteiger partial charge in [-0.3, -0.25) is 0 Å². The van der Waals surface area contributed by atoms with Crippen LogP contribution in [-0.4, -0.2) is 14.5 Å². The van der Waals surface area contributed by atoms with Crippen LogP contribution in [-0.2, 0) is 10.0 Å². The molecule has 0 aromatic heterocycles. The molecule has 4 nitrogen and oxygen atoms in total. The average molecular weight is 307 g/mol. The fraction of sp³-hybridized carbons (Fsp3) is 0.500. The minimum atomic E-state index is -3.78. The van der Waals surface area contributed by atoms with E-state index in [0.717, 1.165) is 31.4 Å². The fourth-order valence-corrected chi connectivity index (χ4v) is 3.79. The molecule has 1 aromatic rings. The molecule has 0 radical (unpaired) electrons. The van der Waals surface area contributed by atoms with Crippen molar-refractivity contribution in [2.45, 2.75) is 37.1 Å². The van der Waals surface area contributed by atoms with Gasteiger partial charge in [-0.25, -0.2) is 17.5 Å². The molecule has 0 bridgehead atoms. The Balaban J connectivity index is 2.20. The second-order valence-corrected chi connectivity index (χ2v) is 7.10. The second-order valence-electron chi connectivity index (χ2n) is 5.01. The Morgan fingerprint density at radius 1 is 1.53 bits per heavy atom. The first-order chi connectivity index (χ1) is 8.79. The van der Waals surface area contributed by atoms with E-state index < -0.39 is 15.8 Å². The zero-order chi connectivity index (χ0) is 14.2. The molecule has 0 saturated heterocycles. The van der Waals surface area contributed by atoms with Gasteiger partial charge in [-0.15, -0.1) is 0 Å². The van der Waals surface area contributed by atoms with Gasteiger partial charge in [-0.2, -0.15) is 0 Å². The van der Waals surface area contributed by atoms with Crippen molar-refractivity contribution < 1.29 is 12.8 Å². The number of halogens is 2. The first-order valence-electron chi connectivity index (χ1n) is 6.06. The van der Waals surface area contributed by atoms with Gasteiger partial charge in [0, 0.05) is 6.04 Å². The number of nitrogen functional groups attached to an aromatic ring is 1. The minimum Gasteiger partial charge on any atom is -0.396 e. The molecule has 0 heterocycles. The molecule has 7 heteroatoms. The lowest BCUT2D eigenvalue weighted by atomic mass is 10.2. The highest BCUT2D eigenvalue weighted by atomic mass is 35.5. The molecule has 1 atom stereocenters. The zero-order valence-electron chi connectivity index (χ0n) is 10.5. The van der Waals surface area contributed by atoms with E-state index in [9.17, 15) is 12.8 Å². The molecule has 1 unspecified atom stereocenters. The predicted molar refractivity (Wildman–Crippen MR) is 72.9 cm³/mol. The molecule has 0 amide bonds. The van der Waals surface area contributed by atoms with Gasteiger partial charge < -0.3 is 5.73 Å². The minimum absolute atomic E-state index is 0.169. The van der Waals surface area contributed by atoms with Crippen molar-refractivity contribution in [2.75, 3.05) is 5.73 Å². The Morgan fingerprint density at radius 2 is 2.16 bits per heavy atom. The number of benzene rings is 1. The van der Waals surface area contributed by atoms with Gasteiger partial charge in [0.2, 0.25) is 10.0 Å². The molecule has 0 aliphatic heterocycles. The smallest absolute Gasteiger partial charge is 0.242 e. The number of nitrogens with two attached hydrogens (primary N) is 1. The fourth-order valence-electron chi connectivity index (χ4n) is 1.98. The highest BCUT2D eigenvalue weighted by Crippen LogP contribution is 2.34. The van der Waals surface area contributed by atoms with Gasteiger partial charge in [0.05, 0.1) is 10.7 Å². The molecule has 1 aliphatic rings. The van der Waals surface area contributed by atoms with E-state index in [1.54, 1.807) is 6.92 Å². The number of hydrogen-bond donors (Lipinski definition) is 2. The van der Waals surface area contributed by atoms with Gasteiger partial charge in [0.15, 0.2) is 0 Å². The van der Waals surface area contributed by atoms with Crippen molar-refractivity contribution in [3.8, 4) is 0 Å². The predicted octanol–water partition coefficient (Wildman–Crippen LogP) is 2.53. The second kappa shape index (κ2) is 5.26. The third-order valence-electron chi connectivity index (χ3n) is 3.08. The van der Waals surface area contributed by atoms with E-state index in [-0.39, 0.29) is 21.6 Å². The van der Waals surface area contributed by atoms with Crippen LogP contribution in [0.1, 0.15) is 26.2 Å². The molecule has 2 rings (SSSR count). The maximum Gasteiger partial charge on any atom is 0.242 e. The van der Waals surface area contributed by atoms with Crippen LogP contribution < -0.4 is 10.5 Å². The van der Waals surface area contributed by atoms with Crippen molar-refractivity contribution in [3.63, 3.8) is 0 Å². The maximum absolute atomic E-state index is 13.2. The summed E-state index contributed by atoms with van der Waals surface area (Å²) in [5, 5.41) is -0.169. The van der Waals surface area contributed by atoms with Crippen molar-refractivity contribution in [1.29, 1.82) is 0 Å². The number of sulfonamides is 1. The van der Waals surface area contributed by atoms with Gasteiger partial charge >= 0.3 is 0 Å². The third-order valence-corrected chi connectivity index (χ3v) is 5.14. The van der Waals surface area contributed by atoms with Crippen LogP contribution in [0.25, 0.3) is 0 Å². The van der Waals surface area contributed by atoms with E-state index >= 15 is 0 Å². The maximum atomic E-state index is 13.2. The molecule has 3 N–H and O–H groups in total. The summed E-state index contributed by atoms with van der Waals surface area (Å²) in [5.41, 5.74) is 5.15. The largest absolute Gasteiger partial charge is 0.396 e. The van der Waals surface area contributed by atoms with Crippen LogP contribution in [0.4, 0.5) is 10.1 Å². The molecule has 1 fully saturated rings. The summed E-state index contributed by atoms with van der Waals surface area (Å²) in [5.74, 6) is -0.124. The van der Waals surface area contributed by atoms with Crippen molar-refractivity contribution >= 4 is 27.3 Å². The standard InChI is InChI=1S/C12H16ClFN2O2S/c1-7(4-8-2-3-8)16-19(17,18)12-6-11(15)10(14)5-9(12)13/h5-8,16H,2-4,15H2,1H3. The highest BCUT2D eigenvalue weighted by Gasteiger charge is 2.27. The van der Waals surface area contributed by atoms with Crippen molar-refractivity contribution in [3.05, 3.63) is 23.0 Å². The Labute approximate surface area is 117 Å². The van der Waals surface area contributed by atoms with Crippen LogP contribution in [0.3, 0.4) is 0 Å². The summed E-state index contributed by atoms with van der Waals surface area (Å²) in [6.07, 6.45) is 3.10. The summed E-state index contributed by atoms with van der Waals surface area (Å²) in [4.78, 5) is -0.185. The monoisotopic (exact) mass is 306 g/mol. The van der Waals surface area contributed by atoms with E-state index in [2.05, 4.69) is 4.72 Å². The normalized spacial score (nSPS) is 17.4. The molecule has 106 valence electrons. The molecule has 0 spiro atoms. The number of hydrogen-bond acceptors (Lipinski definition) is 3. The summed E-state index contributed by atoms with van der Waals surface area (Å²) in [6, 6.07) is 1.78. The topological polar surface area (TPSA) is 72.2 Å². The summed E-state index contributed by atoms with van der Waals surface area (Å²) in [6.45, 7) is 1.80. The summed E-state index contributed by atoms with van der Waals surface area (Å²) >= 11 is 5.77. The van der Waals surface area contributed by atoms with Crippen LogP contribution in [0.2, 0.25) is 5.02 Å². The van der Waals surface area contributed by atoms with Crippen LogP contribution in [0.5, 0.6) is 0 Å². The number of nitrogens with one attached hydrogen (secondary N) is 1. The third kappa shape index (κ3) is 3.58. The highest BCUT2D eigenvalue weighted by molar-refractivity contribution is 7.89. The SMILES string of the molecule is CC(CC1CC1)NS(=O)(=O)c1cc(N)c(F)cc1Cl. The summed E-state index contributed by atoms with van der Waals surface area (Å²) in [7, 11) is -3.78. The van der Waals surface area contributed by atoms with Crippen LogP contribution in [0, 0.1) is 11.7 Å². The summed E-state index contributed by atoms with van der Waals surface area (Å²) < 4.78 is 40.0. The lowest BCUT2D eigenvalue weighted by Crippen LogP contribution is -2.33. The lowest BCUT2D eigenvalue weighted by molar-refractivity contribution is 0.530. The van der Waals surface area contributed by atoms with Crippen LogP contribution in [0.15, 0.2) is 17.0 Å². The lowest BCUT2D eigenvalue weighted by Gasteiger charge is -2.15. The zero-order valence-corrected chi connectivity index (χ0v) is 12.1. The molecular formula is C12H16ClFN2O2S. The average Bonchev–Trinajstić information content (AvgIpc) is 3.05. The van der Waals surface area contributed by atoms with Gasteiger partial charge in [-0.05, 0) is 31.4 Å². The first-order valence-corrected chi connectivity index (χ1v) is 7.92. The van der Waals surface area contributed by atoms with E-state index in [4.69, 9.17) is 17.3 Å². The molecule has 1 saturated carbocycles. The van der Waals surface area contributed by atoms with E-state index in [1.807, 2.05) is 0 Å². The molecule has 1 aliphatic carbocycles. The molecule has 19 heavy (non-hydrogen) atoms. The quantitative estimate of drug-likeness (QED) is 0.821. The van der Waals surface area contributed by atoms with E-state index in [0.29, 0.717) is 5.92 Å². The van der Waals surface area contributed by atoms with Crippen LogP contribution >= 0.6 is 11.6 Å². The first kappa shape index (κ1) is 14.6. The van der Waals surface area contributed by atoms with Gasteiger partial charge in [0.1, 0.15) is 10.7 Å². The van der Waals surface area contributed by atoms with Gasteiger partial charge in [-0.1, -0.05) is 24.4 Å². The molecular weight excluding hydrogens is 291 g/mol. The number of anilines is 1.